The van der Waals surface area contributed by atoms with Crippen molar-refractivity contribution >= 4 is 22.9 Å². The van der Waals surface area contributed by atoms with Crippen LogP contribution in [0.25, 0.3) is 0 Å². The summed E-state index contributed by atoms with van der Waals surface area (Å²) in [6, 6.07) is 11.0. The third kappa shape index (κ3) is 3.21. The Kier molecular flexibility index (Phi) is 4.69. The molecule has 2 nitrogen and oxygen atoms in total. The van der Waals surface area contributed by atoms with Crippen molar-refractivity contribution in [3.63, 3.8) is 0 Å². The number of likely N-dealkylation sites (tertiary alicyclic amines) is 1. The van der Waals surface area contributed by atoms with Crippen molar-refractivity contribution in [3.05, 3.63) is 30.3 Å². The van der Waals surface area contributed by atoms with E-state index in [1.807, 2.05) is 6.07 Å². The normalized spacial score (nSPS) is 27.4. The van der Waals surface area contributed by atoms with E-state index >= 15 is 0 Å². The zero-order chi connectivity index (χ0) is 13.8. The summed E-state index contributed by atoms with van der Waals surface area (Å²) in [7, 11) is 0. The van der Waals surface area contributed by atoms with Crippen LogP contribution in [-0.2, 0) is 0 Å². The van der Waals surface area contributed by atoms with Gasteiger partial charge in [0.15, 0.2) is 0 Å². The van der Waals surface area contributed by atoms with Gasteiger partial charge in [-0.05, 0) is 50.9 Å². The lowest BCUT2D eigenvalue weighted by Gasteiger charge is -2.36. The highest BCUT2D eigenvalue weighted by atomic mass is 32.1. The Morgan fingerprint density at radius 3 is 2.50 bits per heavy atom. The molecule has 108 valence electrons. The van der Waals surface area contributed by atoms with Crippen LogP contribution in [0.1, 0.15) is 38.5 Å². The number of thiocarbonyl (C=S) groups is 1. The third-order valence-corrected chi connectivity index (χ3v) is 5.12. The molecule has 1 aromatic rings. The van der Waals surface area contributed by atoms with Gasteiger partial charge in [0.1, 0.15) is 0 Å². The lowest BCUT2D eigenvalue weighted by atomic mass is 9.99. The number of nitrogens with zero attached hydrogens (tertiary/aromatic N) is 1. The van der Waals surface area contributed by atoms with E-state index in [2.05, 4.69) is 34.5 Å². The Bertz CT molecular complexity index is 440. The molecule has 1 aromatic carbocycles. The molecule has 1 saturated carbocycles. The third-order valence-electron chi connectivity index (χ3n) is 4.72. The van der Waals surface area contributed by atoms with Crippen molar-refractivity contribution < 1.29 is 0 Å². The Labute approximate surface area is 127 Å². The fourth-order valence-corrected chi connectivity index (χ4v) is 4.08. The number of piperidine rings is 1. The molecule has 2 fully saturated rings. The van der Waals surface area contributed by atoms with E-state index in [1.165, 1.54) is 51.6 Å². The molecular formula is C17H24N2S. The molecule has 0 spiro atoms. The predicted molar refractivity (Wildman–Crippen MR) is 89.2 cm³/mol. The fourth-order valence-electron chi connectivity index (χ4n) is 3.69. The van der Waals surface area contributed by atoms with Gasteiger partial charge in [0, 0.05) is 17.6 Å². The highest BCUT2D eigenvalue weighted by molar-refractivity contribution is 7.80. The summed E-state index contributed by atoms with van der Waals surface area (Å²) in [6.07, 6.45) is 8.02. The molecular weight excluding hydrogens is 264 g/mol. The Morgan fingerprint density at radius 1 is 1.00 bits per heavy atom. The molecule has 20 heavy (non-hydrogen) atoms. The van der Waals surface area contributed by atoms with E-state index in [1.54, 1.807) is 0 Å². The Morgan fingerprint density at radius 2 is 1.75 bits per heavy atom. The minimum Gasteiger partial charge on any atom is -0.350 e. The van der Waals surface area contributed by atoms with Crippen molar-refractivity contribution in [1.29, 1.82) is 0 Å². The number of anilines is 1. The van der Waals surface area contributed by atoms with Crippen LogP contribution < -0.4 is 5.32 Å². The summed E-state index contributed by atoms with van der Waals surface area (Å²) in [5, 5.41) is 3.46. The summed E-state index contributed by atoms with van der Waals surface area (Å²) < 4.78 is 0. The zero-order valence-corrected chi connectivity index (χ0v) is 12.9. The number of para-hydroxylation sites is 1. The molecule has 3 heteroatoms. The van der Waals surface area contributed by atoms with Crippen molar-refractivity contribution in [1.82, 2.24) is 4.90 Å². The van der Waals surface area contributed by atoms with Gasteiger partial charge in [-0.15, -0.1) is 0 Å². The monoisotopic (exact) mass is 288 g/mol. The smallest absolute Gasteiger partial charge is 0.0844 e. The summed E-state index contributed by atoms with van der Waals surface area (Å²) in [6.45, 7) is 2.55. The van der Waals surface area contributed by atoms with Crippen LogP contribution in [0, 0.1) is 5.92 Å². The molecule has 1 saturated heterocycles. The average molecular weight is 288 g/mol. The van der Waals surface area contributed by atoms with Gasteiger partial charge in [-0.25, -0.2) is 0 Å². The zero-order valence-electron chi connectivity index (χ0n) is 12.1. The number of hydrogen-bond acceptors (Lipinski definition) is 2. The van der Waals surface area contributed by atoms with E-state index in [-0.39, 0.29) is 0 Å². The van der Waals surface area contributed by atoms with E-state index in [4.69, 9.17) is 12.2 Å². The first-order chi connectivity index (χ1) is 9.84. The number of hydrogen-bond donors (Lipinski definition) is 1. The molecule has 0 bridgehead atoms. The summed E-state index contributed by atoms with van der Waals surface area (Å²) in [5.74, 6) is 0.545. The highest BCUT2D eigenvalue weighted by Gasteiger charge is 2.35. The van der Waals surface area contributed by atoms with Gasteiger partial charge in [-0.1, -0.05) is 43.3 Å². The van der Waals surface area contributed by atoms with Crippen molar-refractivity contribution in [2.75, 3.05) is 18.4 Å². The second kappa shape index (κ2) is 6.68. The number of rotatable bonds is 3. The number of benzene rings is 1. The Balaban J connectivity index is 1.64. The topological polar surface area (TPSA) is 15.3 Å². The first kappa shape index (κ1) is 14.0. The maximum atomic E-state index is 5.70. The lowest BCUT2D eigenvalue weighted by molar-refractivity contribution is 0.151. The van der Waals surface area contributed by atoms with E-state index in [0.717, 1.165) is 10.7 Å². The SMILES string of the molecule is S=C(Nc1ccccc1)[C@@H]1CCC[C@H]1N1CCCCC1. The minimum atomic E-state index is 0.545. The van der Waals surface area contributed by atoms with Gasteiger partial charge in [-0.3, -0.25) is 4.90 Å². The molecule has 1 N–H and O–H groups in total. The first-order valence-corrected chi connectivity index (χ1v) is 8.35. The molecule has 0 unspecified atom stereocenters. The van der Waals surface area contributed by atoms with Crippen LogP contribution in [0.3, 0.4) is 0 Å². The fraction of sp³-hybridized carbons (Fsp3) is 0.588. The predicted octanol–water partition coefficient (Wildman–Crippen LogP) is 4.08. The molecule has 1 aliphatic carbocycles. The molecule has 2 aliphatic rings. The largest absolute Gasteiger partial charge is 0.350 e. The molecule has 2 atom stereocenters. The molecule has 3 rings (SSSR count). The van der Waals surface area contributed by atoms with Crippen LogP contribution in [-0.4, -0.2) is 29.0 Å². The van der Waals surface area contributed by atoms with Crippen molar-refractivity contribution in [2.45, 2.75) is 44.6 Å². The number of nitrogens with one attached hydrogen (secondary N) is 1. The summed E-state index contributed by atoms with van der Waals surface area (Å²) in [5.41, 5.74) is 1.13. The molecule has 0 aromatic heterocycles. The van der Waals surface area contributed by atoms with E-state index in [0.29, 0.717) is 12.0 Å². The van der Waals surface area contributed by atoms with Crippen molar-refractivity contribution in [3.8, 4) is 0 Å². The van der Waals surface area contributed by atoms with Gasteiger partial charge < -0.3 is 5.32 Å². The van der Waals surface area contributed by atoms with E-state index in [9.17, 15) is 0 Å². The molecule has 1 heterocycles. The standard InChI is InChI=1S/C17H24N2S/c20-17(18-14-8-3-1-4-9-14)15-10-7-11-16(15)19-12-5-2-6-13-19/h1,3-4,8-9,15-16H,2,5-7,10-13H2,(H,18,20)/t15-,16-/m1/s1. The van der Waals surface area contributed by atoms with Gasteiger partial charge in [0.25, 0.3) is 0 Å². The summed E-state index contributed by atoms with van der Waals surface area (Å²) in [4.78, 5) is 3.74. The first-order valence-electron chi connectivity index (χ1n) is 7.94. The highest BCUT2D eigenvalue weighted by Crippen LogP contribution is 2.33. The maximum absolute atomic E-state index is 5.70. The quantitative estimate of drug-likeness (QED) is 0.844. The lowest BCUT2D eigenvalue weighted by Crippen LogP contribution is -2.44. The van der Waals surface area contributed by atoms with Crippen LogP contribution in [0.2, 0.25) is 0 Å². The molecule has 0 radical (unpaired) electrons. The summed E-state index contributed by atoms with van der Waals surface area (Å²) >= 11 is 5.70. The van der Waals surface area contributed by atoms with Crippen LogP contribution in [0.5, 0.6) is 0 Å². The van der Waals surface area contributed by atoms with Gasteiger partial charge in [0.05, 0.1) is 4.99 Å². The second-order valence-electron chi connectivity index (χ2n) is 6.06. The van der Waals surface area contributed by atoms with Crippen molar-refractivity contribution in [2.24, 2.45) is 5.92 Å². The van der Waals surface area contributed by atoms with Gasteiger partial charge in [0.2, 0.25) is 0 Å². The molecule has 0 amide bonds. The van der Waals surface area contributed by atoms with Gasteiger partial charge >= 0.3 is 0 Å². The molecule has 1 aliphatic heterocycles. The second-order valence-corrected chi connectivity index (χ2v) is 6.50. The maximum Gasteiger partial charge on any atom is 0.0844 e. The van der Waals surface area contributed by atoms with Crippen LogP contribution in [0.4, 0.5) is 5.69 Å². The van der Waals surface area contributed by atoms with Gasteiger partial charge in [-0.2, -0.15) is 0 Å². The Hall–Kier alpha value is -0.930. The average Bonchev–Trinajstić information content (AvgIpc) is 2.99. The minimum absolute atomic E-state index is 0.545. The van der Waals surface area contributed by atoms with Crippen LogP contribution in [0.15, 0.2) is 30.3 Å². The van der Waals surface area contributed by atoms with Crippen LogP contribution >= 0.6 is 12.2 Å². The van der Waals surface area contributed by atoms with E-state index < -0.39 is 0 Å².